The summed E-state index contributed by atoms with van der Waals surface area (Å²) < 4.78 is 1.71. The van der Waals surface area contributed by atoms with Crippen molar-refractivity contribution in [3.05, 3.63) is 53.9 Å². The quantitative estimate of drug-likeness (QED) is 0.783. The maximum absolute atomic E-state index is 10.1. The van der Waals surface area contributed by atoms with E-state index in [0.717, 1.165) is 0 Å². The van der Waals surface area contributed by atoms with E-state index in [2.05, 4.69) is 6.07 Å². The summed E-state index contributed by atoms with van der Waals surface area (Å²) in [5.74, 6) is 0. The molecule has 0 aliphatic rings. The first-order chi connectivity index (χ1) is 8.22. The zero-order valence-corrected chi connectivity index (χ0v) is 9.24. The Hall–Kier alpha value is -2.25. The number of nitriles is 1. The summed E-state index contributed by atoms with van der Waals surface area (Å²) in [5, 5.41) is 19.0. The van der Waals surface area contributed by atoms with Crippen LogP contribution in [-0.2, 0) is 6.54 Å². The van der Waals surface area contributed by atoms with E-state index in [1.165, 1.54) is 0 Å². The van der Waals surface area contributed by atoms with E-state index in [0.29, 0.717) is 23.5 Å². The number of nitrogens with zero attached hydrogens (tertiary/aromatic N) is 2. The van der Waals surface area contributed by atoms with E-state index in [4.69, 9.17) is 11.0 Å². The highest BCUT2D eigenvalue weighted by atomic mass is 16.3. The van der Waals surface area contributed by atoms with Gasteiger partial charge in [0, 0.05) is 17.4 Å². The van der Waals surface area contributed by atoms with Crippen molar-refractivity contribution < 1.29 is 5.11 Å². The lowest BCUT2D eigenvalue weighted by atomic mass is 10.1. The van der Waals surface area contributed by atoms with E-state index in [9.17, 15) is 5.11 Å². The fourth-order valence-electron chi connectivity index (χ4n) is 1.77. The number of aliphatic hydroxyl groups is 1. The molecule has 4 heteroatoms. The molecule has 1 atom stereocenters. The van der Waals surface area contributed by atoms with Gasteiger partial charge in [0.05, 0.1) is 12.6 Å². The van der Waals surface area contributed by atoms with Gasteiger partial charge in [-0.2, -0.15) is 5.26 Å². The summed E-state index contributed by atoms with van der Waals surface area (Å²) in [6.45, 7) is 0.324. The van der Waals surface area contributed by atoms with Crippen molar-refractivity contribution >= 4 is 5.69 Å². The molecule has 2 aromatic rings. The van der Waals surface area contributed by atoms with Gasteiger partial charge in [-0.1, -0.05) is 18.2 Å². The summed E-state index contributed by atoms with van der Waals surface area (Å²) in [6.07, 6.45) is 1.05. The van der Waals surface area contributed by atoms with E-state index in [1.807, 2.05) is 12.1 Å². The average Bonchev–Trinajstić information content (AvgIpc) is 2.76. The first-order valence-electron chi connectivity index (χ1n) is 5.30. The fourth-order valence-corrected chi connectivity index (χ4v) is 1.77. The molecule has 0 amide bonds. The maximum Gasteiger partial charge on any atom is 0.120 e. The molecule has 86 valence electrons. The lowest BCUT2D eigenvalue weighted by Crippen LogP contribution is -2.11. The van der Waals surface area contributed by atoms with Crippen molar-refractivity contribution in [2.45, 2.75) is 12.6 Å². The molecule has 4 nitrogen and oxygen atoms in total. The van der Waals surface area contributed by atoms with E-state index < -0.39 is 6.10 Å². The molecule has 2 rings (SSSR count). The second-order valence-electron chi connectivity index (χ2n) is 3.80. The predicted octanol–water partition coefficient (Wildman–Crippen LogP) is 1.68. The Morgan fingerprint density at radius 2 is 2.06 bits per heavy atom. The second-order valence-corrected chi connectivity index (χ2v) is 3.80. The van der Waals surface area contributed by atoms with Gasteiger partial charge in [0.15, 0.2) is 0 Å². The minimum absolute atomic E-state index is 0.324. The Bertz CT molecular complexity index is 554. The lowest BCUT2D eigenvalue weighted by molar-refractivity contribution is 0.157. The van der Waals surface area contributed by atoms with Crippen molar-refractivity contribution in [2.24, 2.45) is 0 Å². The fraction of sp³-hybridized carbons (Fsp3) is 0.154. The third-order valence-corrected chi connectivity index (χ3v) is 2.67. The van der Waals surface area contributed by atoms with Crippen LogP contribution >= 0.6 is 0 Å². The van der Waals surface area contributed by atoms with Crippen LogP contribution in [-0.4, -0.2) is 9.67 Å². The smallest absolute Gasteiger partial charge is 0.120 e. The van der Waals surface area contributed by atoms with Crippen LogP contribution in [0.4, 0.5) is 5.69 Å². The zero-order valence-electron chi connectivity index (χ0n) is 9.24. The van der Waals surface area contributed by atoms with Gasteiger partial charge in [-0.25, -0.2) is 0 Å². The van der Waals surface area contributed by atoms with Gasteiger partial charge in [-0.15, -0.1) is 0 Å². The van der Waals surface area contributed by atoms with Gasteiger partial charge in [-0.3, -0.25) is 0 Å². The van der Waals surface area contributed by atoms with Crippen molar-refractivity contribution in [2.75, 3.05) is 5.73 Å². The van der Waals surface area contributed by atoms with Crippen molar-refractivity contribution in [3.8, 4) is 6.07 Å². The van der Waals surface area contributed by atoms with Gasteiger partial charge in [0.1, 0.15) is 11.8 Å². The number of aliphatic hydroxyl groups excluding tert-OH is 1. The molecule has 17 heavy (non-hydrogen) atoms. The second kappa shape index (κ2) is 4.73. The van der Waals surface area contributed by atoms with E-state index in [-0.39, 0.29) is 0 Å². The van der Waals surface area contributed by atoms with Crippen molar-refractivity contribution in [3.63, 3.8) is 0 Å². The SMILES string of the molecule is N#Cc1cccn1CC(O)c1ccccc1N. The van der Waals surface area contributed by atoms with Gasteiger partial charge < -0.3 is 15.4 Å². The van der Waals surface area contributed by atoms with Crippen molar-refractivity contribution in [1.82, 2.24) is 4.57 Å². The summed E-state index contributed by atoms with van der Waals surface area (Å²) in [7, 11) is 0. The molecule has 0 aliphatic carbocycles. The molecule has 3 N–H and O–H groups in total. The molecule has 0 spiro atoms. The van der Waals surface area contributed by atoms with Crippen LogP contribution in [0, 0.1) is 11.3 Å². The third-order valence-electron chi connectivity index (χ3n) is 2.67. The number of nitrogens with two attached hydrogens (primary N) is 1. The van der Waals surface area contributed by atoms with Crippen LogP contribution in [0.3, 0.4) is 0 Å². The molecular formula is C13H13N3O. The predicted molar refractivity (Wildman–Crippen MR) is 65.0 cm³/mol. The molecule has 0 saturated heterocycles. The first kappa shape index (κ1) is 11.2. The standard InChI is InChI=1S/C13H13N3O/c14-8-10-4-3-7-16(10)9-13(17)11-5-1-2-6-12(11)15/h1-7,13,17H,9,15H2. The summed E-state index contributed by atoms with van der Waals surface area (Å²) in [4.78, 5) is 0. The molecule has 0 bridgehead atoms. The molecule has 0 fully saturated rings. The lowest BCUT2D eigenvalue weighted by Gasteiger charge is -2.14. The Balaban J connectivity index is 2.21. The van der Waals surface area contributed by atoms with Crippen molar-refractivity contribution in [1.29, 1.82) is 5.26 Å². The number of para-hydroxylation sites is 1. The van der Waals surface area contributed by atoms with Gasteiger partial charge in [0.25, 0.3) is 0 Å². The normalized spacial score (nSPS) is 12.0. The molecule has 0 saturated carbocycles. The van der Waals surface area contributed by atoms with E-state index >= 15 is 0 Å². The van der Waals surface area contributed by atoms with Crippen LogP contribution in [0.25, 0.3) is 0 Å². The Labute approximate surface area is 99.5 Å². The minimum Gasteiger partial charge on any atom is -0.398 e. The zero-order chi connectivity index (χ0) is 12.3. The Morgan fingerprint density at radius 1 is 1.29 bits per heavy atom. The largest absolute Gasteiger partial charge is 0.398 e. The number of rotatable bonds is 3. The van der Waals surface area contributed by atoms with Crippen LogP contribution in [0.1, 0.15) is 17.4 Å². The minimum atomic E-state index is -0.712. The summed E-state index contributed by atoms with van der Waals surface area (Å²) in [5.41, 5.74) is 7.56. The number of aromatic nitrogens is 1. The van der Waals surface area contributed by atoms with Crippen LogP contribution < -0.4 is 5.73 Å². The average molecular weight is 227 g/mol. The number of hydrogen-bond donors (Lipinski definition) is 2. The molecule has 1 unspecified atom stereocenters. The van der Waals surface area contributed by atoms with Gasteiger partial charge in [0.2, 0.25) is 0 Å². The van der Waals surface area contributed by atoms with Gasteiger partial charge in [-0.05, 0) is 18.2 Å². The molecular weight excluding hydrogens is 214 g/mol. The number of anilines is 1. The summed E-state index contributed by atoms with van der Waals surface area (Å²) in [6, 6.07) is 12.7. The van der Waals surface area contributed by atoms with Crippen LogP contribution in [0.2, 0.25) is 0 Å². The topological polar surface area (TPSA) is 75.0 Å². The highest BCUT2D eigenvalue weighted by Gasteiger charge is 2.12. The molecule has 1 heterocycles. The van der Waals surface area contributed by atoms with E-state index in [1.54, 1.807) is 35.0 Å². The molecule has 1 aromatic carbocycles. The van der Waals surface area contributed by atoms with Crippen LogP contribution in [0.15, 0.2) is 42.6 Å². The highest BCUT2D eigenvalue weighted by molar-refractivity contribution is 5.47. The molecule has 0 radical (unpaired) electrons. The van der Waals surface area contributed by atoms with Crippen LogP contribution in [0.5, 0.6) is 0 Å². The molecule has 0 aliphatic heterocycles. The first-order valence-corrected chi connectivity index (χ1v) is 5.30. The Kier molecular flexibility index (Phi) is 3.12. The maximum atomic E-state index is 10.1. The molecule has 1 aromatic heterocycles. The summed E-state index contributed by atoms with van der Waals surface area (Å²) >= 11 is 0. The third kappa shape index (κ3) is 2.30. The Morgan fingerprint density at radius 3 is 2.76 bits per heavy atom. The number of hydrogen-bond acceptors (Lipinski definition) is 3. The highest BCUT2D eigenvalue weighted by Crippen LogP contribution is 2.21. The number of benzene rings is 1. The van der Waals surface area contributed by atoms with Gasteiger partial charge >= 0.3 is 0 Å². The number of nitrogen functional groups attached to an aromatic ring is 1. The monoisotopic (exact) mass is 227 g/mol.